The highest BCUT2D eigenvalue weighted by Gasteiger charge is 2.33. The minimum atomic E-state index is -0.122. The lowest BCUT2D eigenvalue weighted by Crippen LogP contribution is -2.43. The Morgan fingerprint density at radius 1 is 0.909 bits per heavy atom. The second kappa shape index (κ2) is 12.1. The Labute approximate surface area is 196 Å². The fourth-order valence-electron chi connectivity index (χ4n) is 4.25. The number of benzene rings is 1. The van der Waals surface area contributed by atoms with Gasteiger partial charge in [0, 0.05) is 31.9 Å². The van der Waals surface area contributed by atoms with Crippen molar-refractivity contribution in [1.82, 2.24) is 25.2 Å². The zero-order valence-electron chi connectivity index (χ0n) is 19.8. The molecule has 2 heterocycles. The lowest BCUT2D eigenvalue weighted by molar-refractivity contribution is -0.109. The van der Waals surface area contributed by atoms with Crippen LogP contribution >= 0.6 is 0 Å². The van der Waals surface area contributed by atoms with Crippen molar-refractivity contribution in [1.29, 1.82) is 0 Å². The number of pyridine rings is 1. The van der Waals surface area contributed by atoms with Gasteiger partial charge in [-0.05, 0) is 57.5 Å². The Morgan fingerprint density at radius 2 is 1.64 bits per heavy atom. The number of nitrogens with zero attached hydrogens (tertiary/aromatic N) is 5. The topological polar surface area (TPSA) is 74.2 Å². The van der Waals surface area contributed by atoms with Crippen LogP contribution in [0.5, 0.6) is 0 Å². The molecule has 0 unspecified atom stereocenters. The zero-order valence-corrected chi connectivity index (χ0v) is 19.8. The van der Waals surface area contributed by atoms with E-state index in [-0.39, 0.29) is 5.54 Å². The van der Waals surface area contributed by atoms with E-state index in [1.54, 1.807) is 6.20 Å². The molecule has 7 nitrogen and oxygen atoms in total. The molecule has 0 saturated carbocycles. The van der Waals surface area contributed by atoms with Crippen LogP contribution in [0.4, 0.5) is 5.69 Å². The molecular weight excluding hydrogens is 412 g/mol. The van der Waals surface area contributed by atoms with Crippen LogP contribution < -0.4 is 10.2 Å². The van der Waals surface area contributed by atoms with Gasteiger partial charge in [0.15, 0.2) is 5.82 Å². The summed E-state index contributed by atoms with van der Waals surface area (Å²) in [6.07, 6.45) is 10.2. The van der Waals surface area contributed by atoms with E-state index in [2.05, 4.69) is 75.5 Å². The Balaban J connectivity index is 1.60. The van der Waals surface area contributed by atoms with Crippen LogP contribution in [0.1, 0.15) is 31.2 Å². The molecule has 0 aliphatic rings. The van der Waals surface area contributed by atoms with Gasteiger partial charge >= 0.3 is 0 Å². The quantitative estimate of drug-likeness (QED) is 0.318. The lowest BCUT2D eigenvalue weighted by atomic mass is 9.80. The first kappa shape index (κ1) is 24.3. The van der Waals surface area contributed by atoms with Crippen molar-refractivity contribution in [3.63, 3.8) is 0 Å². The highest BCUT2D eigenvalue weighted by Crippen LogP contribution is 2.35. The van der Waals surface area contributed by atoms with E-state index in [0.29, 0.717) is 12.4 Å². The normalized spacial score (nSPS) is 12.8. The van der Waals surface area contributed by atoms with Crippen LogP contribution in [0.25, 0.3) is 11.5 Å². The molecule has 3 aromatic rings. The predicted molar refractivity (Wildman–Crippen MR) is 133 cm³/mol. The molecule has 0 aliphatic carbocycles. The third kappa shape index (κ3) is 6.35. The van der Waals surface area contributed by atoms with Crippen LogP contribution in [-0.4, -0.2) is 60.5 Å². The SMILES string of the molecule is CN(CCCC[C@@](CCNC=O)(c1ccccc1)N(C)C)c1cnc(-c2ccccn2)nc1. The first-order chi connectivity index (χ1) is 16.1. The minimum absolute atomic E-state index is 0.122. The molecule has 7 heteroatoms. The smallest absolute Gasteiger partial charge is 0.207 e. The number of nitrogens with one attached hydrogen (secondary N) is 1. The van der Waals surface area contributed by atoms with Crippen LogP contribution in [0.2, 0.25) is 0 Å². The molecule has 0 spiro atoms. The summed E-state index contributed by atoms with van der Waals surface area (Å²) in [6, 6.07) is 16.3. The second-order valence-corrected chi connectivity index (χ2v) is 8.47. The van der Waals surface area contributed by atoms with Crippen molar-refractivity contribution in [2.75, 3.05) is 39.1 Å². The van der Waals surface area contributed by atoms with Gasteiger partial charge in [-0.25, -0.2) is 9.97 Å². The van der Waals surface area contributed by atoms with Crippen molar-refractivity contribution in [2.24, 2.45) is 0 Å². The first-order valence-corrected chi connectivity index (χ1v) is 11.4. The van der Waals surface area contributed by atoms with Gasteiger partial charge in [0.25, 0.3) is 0 Å². The average Bonchev–Trinajstić information content (AvgIpc) is 2.86. The first-order valence-electron chi connectivity index (χ1n) is 11.4. The Bertz CT molecular complexity index is 965. The highest BCUT2D eigenvalue weighted by atomic mass is 16.1. The standard InChI is InChI=1S/C26H34N6O/c1-31(2)26(15-17-27-21-33,22-11-5-4-6-12-22)14-8-10-18-32(3)23-19-29-25(30-20-23)24-13-7-9-16-28-24/h4-7,9,11-13,16,19-21H,8,10,14-15,17-18H2,1-3H3,(H,27,33)/t26-/m1/s1. The summed E-state index contributed by atoms with van der Waals surface area (Å²) in [5.41, 5.74) is 2.93. The number of amides is 1. The third-order valence-electron chi connectivity index (χ3n) is 6.24. The van der Waals surface area contributed by atoms with Gasteiger partial charge in [-0.3, -0.25) is 14.7 Å². The molecule has 1 N–H and O–H groups in total. The van der Waals surface area contributed by atoms with Crippen LogP contribution in [-0.2, 0) is 10.3 Å². The highest BCUT2D eigenvalue weighted by molar-refractivity contribution is 5.51. The molecule has 1 atom stereocenters. The van der Waals surface area contributed by atoms with Gasteiger partial charge in [0.05, 0.1) is 18.1 Å². The Morgan fingerprint density at radius 3 is 2.27 bits per heavy atom. The molecule has 174 valence electrons. The van der Waals surface area contributed by atoms with Crippen molar-refractivity contribution in [3.05, 3.63) is 72.7 Å². The fraction of sp³-hybridized carbons (Fsp3) is 0.385. The number of rotatable bonds is 13. The molecule has 3 rings (SSSR count). The summed E-state index contributed by atoms with van der Waals surface area (Å²) in [7, 11) is 6.32. The van der Waals surface area contributed by atoms with Crippen LogP contribution in [0.3, 0.4) is 0 Å². The second-order valence-electron chi connectivity index (χ2n) is 8.47. The maximum Gasteiger partial charge on any atom is 0.207 e. The monoisotopic (exact) mass is 446 g/mol. The van der Waals surface area contributed by atoms with Gasteiger partial charge in [0.2, 0.25) is 6.41 Å². The van der Waals surface area contributed by atoms with Crippen molar-refractivity contribution < 1.29 is 4.79 Å². The molecule has 33 heavy (non-hydrogen) atoms. The van der Waals surface area contributed by atoms with Gasteiger partial charge in [-0.1, -0.05) is 36.4 Å². The summed E-state index contributed by atoms with van der Waals surface area (Å²) in [5.74, 6) is 0.635. The predicted octanol–water partition coefficient (Wildman–Crippen LogP) is 3.74. The maximum absolute atomic E-state index is 10.8. The number of aromatic nitrogens is 3. The van der Waals surface area contributed by atoms with E-state index in [4.69, 9.17) is 0 Å². The van der Waals surface area contributed by atoms with Crippen molar-refractivity contribution >= 4 is 12.1 Å². The third-order valence-corrected chi connectivity index (χ3v) is 6.24. The Hall–Kier alpha value is -3.32. The summed E-state index contributed by atoms with van der Waals surface area (Å²) in [4.78, 5) is 28.6. The molecule has 0 saturated heterocycles. The molecule has 1 amide bonds. The van der Waals surface area contributed by atoms with Crippen LogP contribution in [0.15, 0.2) is 67.1 Å². The van der Waals surface area contributed by atoms with Crippen LogP contribution in [0, 0.1) is 0 Å². The summed E-state index contributed by atoms with van der Waals surface area (Å²) in [5, 5.41) is 2.84. The number of carbonyl (C=O) groups excluding carboxylic acids is 1. The molecular formula is C26H34N6O. The van der Waals surface area contributed by atoms with Crippen molar-refractivity contribution in [2.45, 2.75) is 31.2 Å². The fourth-order valence-corrected chi connectivity index (χ4v) is 4.25. The largest absolute Gasteiger partial charge is 0.372 e. The molecule has 0 fully saturated rings. The van der Waals surface area contributed by atoms with E-state index in [0.717, 1.165) is 50.0 Å². The molecule has 0 bridgehead atoms. The number of unbranched alkanes of at least 4 members (excludes halogenated alkanes) is 1. The maximum atomic E-state index is 10.8. The lowest BCUT2D eigenvalue weighted by Gasteiger charge is -2.41. The summed E-state index contributed by atoms with van der Waals surface area (Å²) >= 11 is 0. The van der Waals surface area contributed by atoms with Crippen molar-refractivity contribution in [3.8, 4) is 11.5 Å². The Kier molecular flexibility index (Phi) is 8.89. The van der Waals surface area contributed by atoms with Gasteiger partial charge < -0.3 is 10.2 Å². The molecule has 1 aromatic carbocycles. The van der Waals surface area contributed by atoms with E-state index in [1.807, 2.05) is 36.7 Å². The van der Waals surface area contributed by atoms with Gasteiger partial charge in [0.1, 0.15) is 5.69 Å². The minimum Gasteiger partial charge on any atom is -0.372 e. The molecule has 2 aromatic heterocycles. The van der Waals surface area contributed by atoms with Gasteiger partial charge in [-0.15, -0.1) is 0 Å². The average molecular weight is 447 g/mol. The van der Waals surface area contributed by atoms with E-state index in [9.17, 15) is 4.79 Å². The summed E-state index contributed by atoms with van der Waals surface area (Å²) < 4.78 is 0. The van der Waals surface area contributed by atoms with E-state index < -0.39 is 0 Å². The molecule has 0 radical (unpaired) electrons. The molecule has 0 aliphatic heterocycles. The van der Waals surface area contributed by atoms with E-state index >= 15 is 0 Å². The summed E-state index contributed by atoms with van der Waals surface area (Å²) in [6.45, 7) is 1.56. The zero-order chi connectivity index (χ0) is 23.5. The van der Waals surface area contributed by atoms with Gasteiger partial charge in [-0.2, -0.15) is 0 Å². The number of anilines is 1. The van der Waals surface area contributed by atoms with E-state index in [1.165, 1.54) is 5.56 Å². The number of hydrogen-bond acceptors (Lipinski definition) is 6. The number of carbonyl (C=O) groups is 1. The number of hydrogen-bond donors (Lipinski definition) is 1.